The van der Waals surface area contributed by atoms with Crippen molar-refractivity contribution in [3.05, 3.63) is 29.8 Å². The smallest absolute Gasteiger partial charge is 0.352 e. The molecule has 0 bridgehead atoms. The molecule has 1 aromatic rings. The maximum Gasteiger partial charge on any atom is 0.408 e. The van der Waals surface area contributed by atoms with Crippen LogP contribution in [0.2, 0.25) is 0 Å². The fourth-order valence-corrected chi connectivity index (χ4v) is 2.64. The molecule has 126 valence electrons. The summed E-state index contributed by atoms with van der Waals surface area (Å²) in [6.45, 7) is 0.912. The Morgan fingerprint density at radius 2 is 2.04 bits per heavy atom. The molecule has 1 N–H and O–H groups in total. The Balaban J connectivity index is 2.29. The number of pyridine rings is 1. The number of aromatic nitrogens is 1. The van der Waals surface area contributed by atoms with Crippen LogP contribution in [0.1, 0.15) is 30.1 Å². The monoisotopic (exact) mass is 333 g/mol. The van der Waals surface area contributed by atoms with Crippen molar-refractivity contribution < 1.29 is 27.2 Å². The van der Waals surface area contributed by atoms with Gasteiger partial charge in [0.15, 0.2) is 5.82 Å². The van der Waals surface area contributed by atoms with Gasteiger partial charge in [-0.3, -0.25) is 14.6 Å². The van der Waals surface area contributed by atoms with E-state index in [0.29, 0.717) is 4.90 Å². The first-order valence-electron chi connectivity index (χ1n) is 6.94. The zero-order chi connectivity index (χ0) is 17.2. The highest BCUT2D eigenvalue weighted by atomic mass is 19.4. The molecule has 5 nitrogen and oxygen atoms in total. The van der Waals surface area contributed by atoms with E-state index in [1.165, 1.54) is 6.92 Å². The van der Waals surface area contributed by atoms with Gasteiger partial charge in [0.2, 0.25) is 5.91 Å². The Morgan fingerprint density at radius 3 is 2.61 bits per heavy atom. The Kier molecular flexibility index (Phi) is 4.86. The Labute approximate surface area is 129 Å². The average Bonchev–Trinajstić information content (AvgIpc) is 2.45. The molecule has 1 aliphatic rings. The van der Waals surface area contributed by atoms with E-state index in [0.717, 1.165) is 18.5 Å². The third-order valence-electron chi connectivity index (χ3n) is 3.63. The van der Waals surface area contributed by atoms with Gasteiger partial charge in [0.25, 0.3) is 5.91 Å². The van der Waals surface area contributed by atoms with Gasteiger partial charge in [0.1, 0.15) is 6.04 Å². The predicted octanol–water partition coefficient (Wildman–Crippen LogP) is 1.89. The van der Waals surface area contributed by atoms with E-state index in [1.54, 1.807) is 0 Å². The number of amides is 2. The molecule has 0 aromatic carbocycles. The largest absolute Gasteiger partial charge is 0.408 e. The number of nitrogens with zero attached hydrogens (tertiary/aromatic N) is 2. The van der Waals surface area contributed by atoms with Gasteiger partial charge in [0, 0.05) is 25.7 Å². The van der Waals surface area contributed by atoms with Gasteiger partial charge in [-0.2, -0.15) is 13.2 Å². The molecular formula is C14H15F4N3O2. The standard InChI is InChI=1S/C14H15F4N3O2/c1-8(22)20-9-2-3-12(14(16,17)18)21(7-9)13(23)10-4-5-19-6-11(10)15/h4-6,9,12H,2-3,7H2,1H3,(H,20,22)/t9-,12-/m1/s1. The highest BCUT2D eigenvalue weighted by Crippen LogP contribution is 2.33. The Hall–Kier alpha value is -2.19. The van der Waals surface area contributed by atoms with Gasteiger partial charge < -0.3 is 10.2 Å². The summed E-state index contributed by atoms with van der Waals surface area (Å²) in [4.78, 5) is 27.5. The second-order valence-corrected chi connectivity index (χ2v) is 5.35. The Bertz CT molecular complexity index is 606. The van der Waals surface area contributed by atoms with Crippen LogP contribution in [0.5, 0.6) is 0 Å². The quantitative estimate of drug-likeness (QED) is 0.841. The van der Waals surface area contributed by atoms with Gasteiger partial charge in [0.05, 0.1) is 11.8 Å². The molecule has 2 amide bonds. The SMILES string of the molecule is CC(=O)N[C@@H]1CC[C@H](C(F)(F)F)N(C(=O)c2ccncc2F)C1. The molecule has 0 radical (unpaired) electrons. The maximum atomic E-state index is 13.7. The summed E-state index contributed by atoms with van der Waals surface area (Å²) < 4.78 is 53.2. The number of carbonyl (C=O) groups is 2. The minimum Gasteiger partial charge on any atom is -0.352 e. The van der Waals surface area contributed by atoms with Crippen molar-refractivity contribution in [2.24, 2.45) is 0 Å². The molecule has 9 heteroatoms. The van der Waals surface area contributed by atoms with Crippen molar-refractivity contribution in [3.63, 3.8) is 0 Å². The molecule has 0 unspecified atom stereocenters. The lowest BCUT2D eigenvalue weighted by Crippen LogP contribution is -2.58. The van der Waals surface area contributed by atoms with E-state index >= 15 is 0 Å². The highest BCUT2D eigenvalue weighted by Gasteiger charge is 2.48. The minimum atomic E-state index is -4.62. The van der Waals surface area contributed by atoms with Gasteiger partial charge in [-0.15, -0.1) is 0 Å². The number of hydrogen-bond acceptors (Lipinski definition) is 3. The fourth-order valence-electron chi connectivity index (χ4n) is 2.64. The molecule has 2 rings (SSSR count). The number of hydrogen-bond donors (Lipinski definition) is 1. The van der Waals surface area contributed by atoms with Crippen LogP contribution in [-0.4, -0.2) is 46.5 Å². The van der Waals surface area contributed by atoms with Crippen LogP contribution < -0.4 is 5.32 Å². The molecule has 2 heterocycles. The van der Waals surface area contributed by atoms with Crippen LogP contribution in [-0.2, 0) is 4.79 Å². The lowest BCUT2D eigenvalue weighted by molar-refractivity contribution is -0.184. The summed E-state index contributed by atoms with van der Waals surface area (Å²) in [5.74, 6) is -2.45. The molecule has 1 aromatic heterocycles. The first-order chi connectivity index (χ1) is 10.7. The van der Waals surface area contributed by atoms with E-state index in [2.05, 4.69) is 10.3 Å². The summed E-state index contributed by atoms with van der Waals surface area (Å²) in [5.41, 5.74) is -0.474. The second-order valence-electron chi connectivity index (χ2n) is 5.35. The number of carbonyl (C=O) groups excluding carboxylic acids is 2. The second kappa shape index (κ2) is 6.51. The highest BCUT2D eigenvalue weighted by molar-refractivity contribution is 5.94. The van der Waals surface area contributed by atoms with Gasteiger partial charge >= 0.3 is 6.18 Å². The number of nitrogens with one attached hydrogen (secondary N) is 1. The molecule has 1 saturated heterocycles. The van der Waals surface area contributed by atoms with Crippen LogP contribution >= 0.6 is 0 Å². The van der Waals surface area contributed by atoms with E-state index in [1.807, 2.05) is 0 Å². The third kappa shape index (κ3) is 3.96. The molecule has 1 aliphatic heterocycles. The van der Waals surface area contributed by atoms with Crippen molar-refractivity contribution in [1.82, 2.24) is 15.2 Å². The van der Waals surface area contributed by atoms with Crippen molar-refractivity contribution in [1.29, 1.82) is 0 Å². The summed E-state index contributed by atoms with van der Waals surface area (Å²) >= 11 is 0. The van der Waals surface area contributed by atoms with Crippen molar-refractivity contribution in [2.45, 2.75) is 38.0 Å². The van der Waals surface area contributed by atoms with Crippen molar-refractivity contribution in [3.8, 4) is 0 Å². The van der Waals surface area contributed by atoms with E-state index in [4.69, 9.17) is 0 Å². The lowest BCUT2D eigenvalue weighted by atomic mass is 9.96. The zero-order valence-corrected chi connectivity index (χ0v) is 12.2. The fraction of sp³-hybridized carbons (Fsp3) is 0.500. The van der Waals surface area contributed by atoms with Crippen LogP contribution in [0.25, 0.3) is 0 Å². The molecule has 23 heavy (non-hydrogen) atoms. The molecule has 0 aliphatic carbocycles. The molecular weight excluding hydrogens is 318 g/mol. The summed E-state index contributed by atoms with van der Waals surface area (Å²) in [5, 5.41) is 2.50. The van der Waals surface area contributed by atoms with Gasteiger partial charge in [-0.05, 0) is 18.9 Å². The summed E-state index contributed by atoms with van der Waals surface area (Å²) in [7, 11) is 0. The van der Waals surface area contributed by atoms with E-state index in [9.17, 15) is 27.2 Å². The minimum absolute atomic E-state index is 0.0896. The average molecular weight is 333 g/mol. The lowest BCUT2D eigenvalue weighted by Gasteiger charge is -2.40. The van der Waals surface area contributed by atoms with Crippen LogP contribution in [0.4, 0.5) is 17.6 Å². The Morgan fingerprint density at radius 1 is 1.35 bits per heavy atom. The molecule has 1 fully saturated rings. The van der Waals surface area contributed by atoms with Crippen LogP contribution in [0.15, 0.2) is 18.5 Å². The van der Waals surface area contributed by atoms with Gasteiger partial charge in [-0.1, -0.05) is 0 Å². The van der Waals surface area contributed by atoms with Crippen LogP contribution in [0.3, 0.4) is 0 Å². The normalized spacial score (nSPS) is 21.9. The molecule has 2 atom stereocenters. The van der Waals surface area contributed by atoms with E-state index < -0.39 is 41.5 Å². The number of halogens is 4. The van der Waals surface area contributed by atoms with Crippen molar-refractivity contribution >= 4 is 11.8 Å². The summed E-state index contributed by atoms with van der Waals surface area (Å²) in [6, 6.07) is -1.57. The zero-order valence-electron chi connectivity index (χ0n) is 12.2. The maximum absolute atomic E-state index is 13.7. The molecule has 0 saturated carbocycles. The number of alkyl halides is 3. The molecule has 0 spiro atoms. The first-order valence-corrected chi connectivity index (χ1v) is 6.94. The number of piperidine rings is 1. The van der Waals surface area contributed by atoms with E-state index in [-0.39, 0.29) is 19.4 Å². The number of rotatable bonds is 2. The first kappa shape index (κ1) is 17.2. The number of likely N-dealkylation sites (tertiary alicyclic amines) is 1. The van der Waals surface area contributed by atoms with Crippen LogP contribution in [0, 0.1) is 5.82 Å². The van der Waals surface area contributed by atoms with Crippen molar-refractivity contribution in [2.75, 3.05) is 6.54 Å². The third-order valence-corrected chi connectivity index (χ3v) is 3.63. The predicted molar refractivity (Wildman–Crippen MR) is 71.9 cm³/mol. The summed E-state index contributed by atoms with van der Waals surface area (Å²) in [6.07, 6.45) is -2.99. The topological polar surface area (TPSA) is 62.3 Å². The van der Waals surface area contributed by atoms with Gasteiger partial charge in [-0.25, -0.2) is 4.39 Å².